The number of hydrogen-bond donors (Lipinski definition) is 2. The smallest absolute Gasteiger partial charge is 0.221 e. The summed E-state index contributed by atoms with van der Waals surface area (Å²) in [6.07, 6.45) is 3.20. The summed E-state index contributed by atoms with van der Waals surface area (Å²) in [5.41, 5.74) is 11.9. The first-order valence-corrected chi connectivity index (χ1v) is 10.6. The number of rotatable bonds is 4. The Kier molecular flexibility index (Phi) is 4.87. The van der Waals surface area contributed by atoms with E-state index in [1.165, 1.54) is 0 Å². The zero-order valence-electron chi connectivity index (χ0n) is 18.3. The minimum atomic E-state index is -1.03. The molecule has 0 radical (unpaired) electrons. The first kappa shape index (κ1) is 20.7. The number of nitrogen functional groups attached to an aromatic ring is 1. The van der Waals surface area contributed by atoms with Crippen molar-refractivity contribution in [3.05, 3.63) is 70.7 Å². The fourth-order valence-corrected chi connectivity index (χ4v) is 4.16. The lowest BCUT2D eigenvalue weighted by Crippen LogP contribution is -2.18. The highest BCUT2D eigenvalue weighted by Gasteiger charge is 2.25. The van der Waals surface area contributed by atoms with Crippen LogP contribution in [-0.4, -0.2) is 35.1 Å². The molecule has 0 atom stereocenters. The van der Waals surface area contributed by atoms with Gasteiger partial charge in [-0.25, -0.2) is 14.6 Å². The van der Waals surface area contributed by atoms with Crippen LogP contribution in [0.4, 0.5) is 5.95 Å². The van der Waals surface area contributed by atoms with E-state index in [2.05, 4.69) is 31.3 Å². The summed E-state index contributed by atoms with van der Waals surface area (Å²) >= 11 is 0. The number of fused-ring (bicyclic) bond motifs is 3. The van der Waals surface area contributed by atoms with Crippen LogP contribution in [0, 0.1) is 11.3 Å². The molecule has 0 saturated heterocycles. The second kappa shape index (κ2) is 7.76. The van der Waals surface area contributed by atoms with E-state index in [0.29, 0.717) is 42.0 Å². The van der Waals surface area contributed by atoms with E-state index in [4.69, 9.17) is 5.73 Å². The molecule has 3 N–H and O–H groups in total. The lowest BCUT2D eigenvalue weighted by atomic mass is 9.85. The summed E-state index contributed by atoms with van der Waals surface area (Å²) in [6, 6.07) is 13.4. The topological polar surface area (TPSA) is 139 Å². The molecule has 0 aliphatic heterocycles. The number of pyridine rings is 1. The highest BCUT2D eigenvalue weighted by Crippen LogP contribution is 2.37. The molecule has 3 heterocycles. The fourth-order valence-electron chi connectivity index (χ4n) is 4.16. The number of nitrogens with zero attached hydrogens (tertiary/aromatic N) is 7. The van der Waals surface area contributed by atoms with E-state index in [0.717, 1.165) is 28.1 Å². The molecule has 33 heavy (non-hydrogen) atoms. The van der Waals surface area contributed by atoms with Gasteiger partial charge >= 0.3 is 0 Å². The van der Waals surface area contributed by atoms with Gasteiger partial charge in [0.05, 0.1) is 41.5 Å². The monoisotopic (exact) mass is 438 g/mol. The molecular formula is C24H22N8O. The van der Waals surface area contributed by atoms with Gasteiger partial charge in [0.25, 0.3) is 0 Å². The predicted molar refractivity (Wildman–Crippen MR) is 122 cm³/mol. The average Bonchev–Trinajstić information content (AvgIpc) is 3.25. The van der Waals surface area contributed by atoms with Gasteiger partial charge in [-0.3, -0.25) is 4.98 Å². The SMILES string of the molecule is CC(C)(O)c1cccc(Cn2cc(-c3nc(N)nc4c3CCc3c(C#N)cccc3-4)nn2)n1. The molecule has 0 fully saturated rings. The first-order valence-electron chi connectivity index (χ1n) is 10.6. The van der Waals surface area contributed by atoms with Crippen molar-refractivity contribution in [1.29, 1.82) is 5.26 Å². The normalized spacial score (nSPS) is 12.7. The van der Waals surface area contributed by atoms with Crippen molar-refractivity contribution in [3.8, 4) is 28.7 Å². The summed E-state index contributed by atoms with van der Waals surface area (Å²) in [7, 11) is 0. The van der Waals surface area contributed by atoms with Crippen LogP contribution in [0.3, 0.4) is 0 Å². The van der Waals surface area contributed by atoms with Crippen molar-refractivity contribution in [2.75, 3.05) is 5.73 Å². The summed E-state index contributed by atoms with van der Waals surface area (Å²) in [5.74, 6) is 0.146. The van der Waals surface area contributed by atoms with Crippen LogP contribution < -0.4 is 5.73 Å². The molecule has 9 nitrogen and oxygen atoms in total. The third-order valence-electron chi connectivity index (χ3n) is 5.74. The molecule has 5 rings (SSSR count). The van der Waals surface area contributed by atoms with E-state index in [1.54, 1.807) is 24.6 Å². The van der Waals surface area contributed by atoms with Crippen molar-refractivity contribution >= 4 is 5.95 Å². The van der Waals surface area contributed by atoms with Crippen LogP contribution in [0.2, 0.25) is 0 Å². The number of anilines is 1. The van der Waals surface area contributed by atoms with Crippen molar-refractivity contribution < 1.29 is 5.11 Å². The van der Waals surface area contributed by atoms with Crippen LogP contribution in [0.1, 0.15) is 41.9 Å². The molecule has 3 aromatic heterocycles. The maximum Gasteiger partial charge on any atom is 0.221 e. The number of hydrogen-bond acceptors (Lipinski definition) is 8. The Balaban J connectivity index is 1.52. The van der Waals surface area contributed by atoms with E-state index >= 15 is 0 Å². The standard InChI is InChI=1S/C24H22N8O/c1-24(2,33)20-8-4-6-15(27-20)12-32-13-19(30-31-32)22-18-10-9-16-14(11-25)5-3-7-17(16)21(18)28-23(26)29-22/h3-8,13,33H,9-10,12H2,1-2H3,(H2,26,28,29). The maximum absolute atomic E-state index is 10.2. The van der Waals surface area contributed by atoms with Crippen LogP contribution >= 0.6 is 0 Å². The number of aliphatic hydroxyl groups is 1. The van der Waals surface area contributed by atoms with E-state index in [-0.39, 0.29) is 5.95 Å². The van der Waals surface area contributed by atoms with Crippen molar-refractivity contribution in [1.82, 2.24) is 29.9 Å². The minimum Gasteiger partial charge on any atom is -0.384 e. The van der Waals surface area contributed by atoms with Crippen molar-refractivity contribution in [2.24, 2.45) is 0 Å². The largest absolute Gasteiger partial charge is 0.384 e. The van der Waals surface area contributed by atoms with Gasteiger partial charge in [0.1, 0.15) is 17.0 Å². The van der Waals surface area contributed by atoms with Gasteiger partial charge in [-0.05, 0) is 50.5 Å². The van der Waals surface area contributed by atoms with Gasteiger partial charge in [0, 0.05) is 11.1 Å². The quantitative estimate of drug-likeness (QED) is 0.496. The molecule has 0 bridgehead atoms. The second-order valence-electron chi connectivity index (χ2n) is 8.58. The number of benzene rings is 1. The van der Waals surface area contributed by atoms with E-state index in [1.807, 2.05) is 36.5 Å². The Morgan fingerprint density at radius 1 is 1.06 bits per heavy atom. The Morgan fingerprint density at radius 2 is 1.82 bits per heavy atom. The number of nitriles is 1. The lowest BCUT2D eigenvalue weighted by molar-refractivity contribution is 0.0736. The molecule has 0 spiro atoms. The van der Waals surface area contributed by atoms with Gasteiger partial charge in [-0.15, -0.1) is 5.10 Å². The second-order valence-corrected chi connectivity index (χ2v) is 8.58. The summed E-state index contributed by atoms with van der Waals surface area (Å²) in [4.78, 5) is 13.5. The molecule has 1 aliphatic rings. The van der Waals surface area contributed by atoms with E-state index in [9.17, 15) is 10.4 Å². The molecular weight excluding hydrogens is 416 g/mol. The van der Waals surface area contributed by atoms with Gasteiger partial charge in [-0.2, -0.15) is 5.26 Å². The average molecular weight is 438 g/mol. The molecule has 0 amide bonds. The number of nitrogens with two attached hydrogens (primary N) is 1. The third-order valence-corrected chi connectivity index (χ3v) is 5.74. The van der Waals surface area contributed by atoms with Crippen LogP contribution in [0.15, 0.2) is 42.6 Å². The van der Waals surface area contributed by atoms with Crippen LogP contribution in [-0.2, 0) is 25.0 Å². The van der Waals surface area contributed by atoms with Crippen molar-refractivity contribution in [3.63, 3.8) is 0 Å². The lowest BCUT2D eigenvalue weighted by Gasteiger charge is -2.21. The molecule has 1 aliphatic carbocycles. The first-order chi connectivity index (χ1) is 15.8. The summed E-state index contributed by atoms with van der Waals surface area (Å²) < 4.78 is 1.68. The Hall–Kier alpha value is -4.16. The fraction of sp³-hybridized carbons (Fsp3) is 0.250. The molecule has 164 valence electrons. The van der Waals surface area contributed by atoms with E-state index < -0.39 is 5.60 Å². The van der Waals surface area contributed by atoms with Gasteiger partial charge < -0.3 is 10.8 Å². The summed E-state index contributed by atoms with van der Waals surface area (Å²) in [6.45, 7) is 3.80. The Bertz CT molecular complexity index is 1410. The molecule has 0 saturated carbocycles. The predicted octanol–water partition coefficient (Wildman–Crippen LogP) is 2.63. The zero-order valence-corrected chi connectivity index (χ0v) is 18.3. The zero-order chi connectivity index (χ0) is 23.2. The minimum absolute atomic E-state index is 0.146. The molecule has 4 aromatic rings. The third kappa shape index (κ3) is 3.81. The highest BCUT2D eigenvalue weighted by molar-refractivity contribution is 5.78. The Labute approximate surface area is 190 Å². The summed E-state index contributed by atoms with van der Waals surface area (Å²) in [5, 5.41) is 28.3. The molecule has 0 unspecified atom stereocenters. The van der Waals surface area contributed by atoms with Gasteiger partial charge in [0.15, 0.2) is 0 Å². The van der Waals surface area contributed by atoms with Crippen molar-refractivity contribution in [2.45, 2.75) is 38.8 Å². The number of aromatic nitrogens is 6. The van der Waals surface area contributed by atoms with Gasteiger partial charge in [-0.1, -0.05) is 23.4 Å². The van der Waals surface area contributed by atoms with Crippen LogP contribution in [0.5, 0.6) is 0 Å². The maximum atomic E-state index is 10.2. The Morgan fingerprint density at radius 3 is 2.61 bits per heavy atom. The molecule has 1 aromatic carbocycles. The van der Waals surface area contributed by atoms with Gasteiger partial charge in [0.2, 0.25) is 5.95 Å². The highest BCUT2D eigenvalue weighted by atomic mass is 16.3. The van der Waals surface area contributed by atoms with Crippen LogP contribution in [0.25, 0.3) is 22.6 Å². The molecule has 9 heteroatoms.